The van der Waals surface area contributed by atoms with Crippen molar-refractivity contribution in [2.24, 2.45) is 0 Å². The molecular weight excluding hydrogens is 354 g/mol. The van der Waals surface area contributed by atoms with Gasteiger partial charge >= 0.3 is 0 Å². The lowest BCUT2D eigenvalue weighted by Crippen LogP contribution is -2.38. The standard InChI is InChI=1S/C23H23NO4/c1-27-20-10-6-9-16(23(20)28-2)17-13-21(26)24-18-11-15(12-19(25)22(17)18)14-7-4-3-5-8-14/h3-10,15,17H,11-13H2,1-2H3,(H,24,26). The molecule has 0 aromatic heterocycles. The van der Waals surface area contributed by atoms with Gasteiger partial charge < -0.3 is 14.8 Å². The number of para-hydroxylation sites is 1. The second kappa shape index (κ2) is 7.50. The van der Waals surface area contributed by atoms with Gasteiger partial charge in [0.05, 0.1) is 14.2 Å². The zero-order chi connectivity index (χ0) is 19.7. The van der Waals surface area contributed by atoms with Crippen LogP contribution in [0.15, 0.2) is 59.8 Å². The number of benzene rings is 2. The van der Waals surface area contributed by atoms with Gasteiger partial charge in [-0.1, -0.05) is 42.5 Å². The highest BCUT2D eigenvalue weighted by atomic mass is 16.5. The minimum absolute atomic E-state index is 0.0739. The van der Waals surface area contributed by atoms with Gasteiger partial charge in [-0.2, -0.15) is 0 Å². The van der Waals surface area contributed by atoms with Crippen molar-refractivity contribution in [2.45, 2.75) is 31.1 Å². The first-order chi connectivity index (χ1) is 13.6. The molecule has 1 N–H and O–H groups in total. The van der Waals surface area contributed by atoms with Gasteiger partial charge in [-0.15, -0.1) is 0 Å². The summed E-state index contributed by atoms with van der Waals surface area (Å²) >= 11 is 0. The Balaban J connectivity index is 1.77. The van der Waals surface area contributed by atoms with Gasteiger partial charge in [0.15, 0.2) is 17.3 Å². The highest BCUT2D eigenvalue weighted by Crippen LogP contribution is 2.46. The maximum Gasteiger partial charge on any atom is 0.225 e. The maximum absolute atomic E-state index is 13.2. The van der Waals surface area contributed by atoms with Crippen molar-refractivity contribution >= 4 is 11.7 Å². The van der Waals surface area contributed by atoms with Crippen LogP contribution in [-0.2, 0) is 9.59 Å². The lowest BCUT2D eigenvalue weighted by molar-refractivity contribution is -0.122. The highest BCUT2D eigenvalue weighted by molar-refractivity contribution is 6.02. The van der Waals surface area contributed by atoms with Crippen LogP contribution in [0.25, 0.3) is 0 Å². The van der Waals surface area contributed by atoms with Crippen molar-refractivity contribution in [3.63, 3.8) is 0 Å². The van der Waals surface area contributed by atoms with Crippen LogP contribution in [-0.4, -0.2) is 25.9 Å². The Morgan fingerprint density at radius 2 is 1.68 bits per heavy atom. The highest BCUT2D eigenvalue weighted by Gasteiger charge is 2.39. The molecule has 5 nitrogen and oxygen atoms in total. The molecule has 5 heteroatoms. The molecule has 144 valence electrons. The third-order valence-electron chi connectivity index (χ3n) is 5.62. The van der Waals surface area contributed by atoms with Crippen LogP contribution < -0.4 is 14.8 Å². The summed E-state index contributed by atoms with van der Waals surface area (Å²) in [6, 6.07) is 15.6. The predicted octanol–water partition coefficient (Wildman–Crippen LogP) is 3.71. The van der Waals surface area contributed by atoms with Gasteiger partial charge in [0, 0.05) is 35.6 Å². The Hall–Kier alpha value is -3.08. The largest absolute Gasteiger partial charge is 0.493 e. The molecule has 0 radical (unpaired) electrons. The van der Waals surface area contributed by atoms with Gasteiger partial charge in [0.1, 0.15) is 0 Å². The van der Waals surface area contributed by atoms with Crippen molar-refractivity contribution in [1.82, 2.24) is 5.32 Å². The van der Waals surface area contributed by atoms with Crippen molar-refractivity contribution in [2.75, 3.05) is 14.2 Å². The minimum Gasteiger partial charge on any atom is -0.493 e. The maximum atomic E-state index is 13.2. The van der Waals surface area contributed by atoms with Crippen LogP contribution >= 0.6 is 0 Å². The average Bonchev–Trinajstić information content (AvgIpc) is 2.72. The second-order valence-electron chi connectivity index (χ2n) is 7.22. The van der Waals surface area contributed by atoms with Gasteiger partial charge in [0.2, 0.25) is 5.91 Å². The summed E-state index contributed by atoms with van der Waals surface area (Å²) in [6.45, 7) is 0. The lowest BCUT2D eigenvalue weighted by atomic mass is 9.73. The molecule has 4 rings (SSSR count). The molecule has 1 aliphatic carbocycles. The number of ketones is 1. The Bertz CT molecular complexity index is 948. The summed E-state index contributed by atoms with van der Waals surface area (Å²) in [5, 5.41) is 2.96. The first-order valence-electron chi connectivity index (χ1n) is 9.44. The quantitative estimate of drug-likeness (QED) is 0.882. The number of methoxy groups -OCH3 is 2. The number of rotatable bonds is 4. The van der Waals surface area contributed by atoms with E-state index in [4.69, 9.17) is 9.47 Å². The third-order valence-corrected chi connectivity index (χ3v) is 5.62. The number of ether oxygens (including phenoxy) is 2. The Kier molecular flexibility index (Phi) is 4.90. The fourth-order valence-corrected chi connectivity index (χ4v) is 4.37. The third kappa shape index (κ3) is 3.17. The number of hydrogen-bond acceptors (Lipinski definition) is 4. The molecule has 0 spiro atoms. The summed E-state index contributed by atoms with van der Waals surface area (Å²) in [5.41, 5.74) is 3.39. The summed E-state index contributed by atoms with van der Waals surface area (Å²) < 4.78 is 11.0. The normalized spacial score (nSPS) is 21.8. The number of allylic oxidation sites excluding steroid dienone is 2. The first-order valence-corrected chi connectivity index (χ1v) is 9.44. The van der Waals surface area contributed by atoms with Gasteiger partial charge in [0.25, 0.3) is 0 Å². The minimum atomic E-state index is -0.321. The average molecular weight is 377 g/mol. The van der Waals surface area contributed by atoms with E-state index in [0.29, 0.717) is 29.9 Å². The lowest BCUT2D eigenvalue weighted by Gasteiger charge is -2.35. The Morgan fingerprint density at radius 3 is 2.39 bits per heavy atom. The molecule has 2 aliphatic rings. The molecule has 0 bridgehead atoms. The van der Waals surface area contributed by atoms with Gasteiger partial charge in [-0.3, -0.25) is 9.59 Å². The summed E-state index contributed by atoms with van der Waals surface area (Å²) in [5.74, 6) is 0.949. The van der Waals surface area contributed by atoms with E-state index in [1.54, 1.807) is 14.2 Å². The van der Waals surface area contributed by atoms with E-state index < -0.39 is 0 Å². The molecular formula is C23H23NO4. The van der Waals surface area contributed by atoms with Crippen molar-refractivity contribution in [1.29, 1.82) is 0 Å². The Labute approximate surface area is 164 Å². The monoisotopic (exact) mass is 377 g/mol. The zero-order valence-electron chi connectivity index (χ0n) is 16.0. The molecule has 0 fully saturated rings. The molecule has 0 saturated carbocycles. The van der Waals surface area contributed by atoms with Gasteiger partial charge in [-0.05, 0) is 24.0 Å². The van der Waals surface area contributed by atoms with E-state index in [0.717, 1.165) is 16.8 Å². The molecule has 2 atom stereocenters. The first kappa shape index (κ1) is 18.3. The molecule has 28 heavy (non-hydrogen) atoms. The number of nitrogens with one attached hydrogen (secondary N) is 1. The summed E-state index contributed by atoms with van der Waals surface area (Å²) in [7, 11) is 3.16. The van der Waals surface area contributed by atoms with Crippen molar-refractivity contribution < 1.29 is 19.1 Å². The van der Waals surface area contributed by atoms with Crippen LogP contribution in [0.2, 0.25) is 0 Å². The fraction of sp³-hybridized carbons (Fsp3) is 0.304. The van der Waals surface area contributed by atoms with E-state index in [1.165, 1.54) is 0 Å². The number of carbonyl (C=O) groups excluding carboxylic acids is 2. The van der Waals surface area contributed by atoms with Crippen LogP contribution in [0.5, 0.6) is 11.5 Å². The number of hydrogen-bond donors (Lipinski definition) is 1. The molecule has 1 amide bonds. The van der Waals surface area contributed by atoms with Gasteiger partial charge in [-0.25, -0.2) is 0 Å². The SMILES string of the molecule is COc1cccc(C2CC(=O)NC3=C2C(=O)CC(c2ccccc2)C3)c1OC. The van der Waals surface area contributed by atoms with Crippen molar-refractivity contribution in [3.05, 3.63) is 70.9 Å². The molecule has 2 aromatic rings. The smallest absolute Gasteiger partial charge is 0.225 e. The number of carbonyl (C=O) groups is 2. The summed E-state index contributed by atoms with van der Waals surface area (Å²) in [6.07, 6.45) is 1.32. The van der Waals surface area contributed by atoms with Crippen LogP contribution in [0.4, 0.5) is 0 Å². The van der Waals surface area contributed by atoms with E-state index >= 15 is 0 Å². The Morgan fingerprint density at radius 1 is 0.893 bits per heavy atom. The van der Waals surface area contributed by atoms with E-state index in [1.807, 2.05) is 48.5 Å². The summed E-state index contributed by atoms with van der Waals surface area (Å²) in [4.78, 5) is 25.7. The fourth-order valence-electron chi connectivity index (χ4n) is 4.37. The number of amides is 1. The predicted molar refractivity (Wildman–Crippen MR) is 105 cm³/mol. The second-order valence-corrected chi connectivity index (χ2v) is 7.22. The molecule has 2 aromatic carbocycles. The zero-order valence-corrected chi connectivity index (χ0v) is 16.0. The van der Waals surface area contributed by atoms with Crippen molar-refractivity contribution in [3.8, 4) is 11.5 Å². The van der Waals surface area contributed by atoms with Crippen LogP contribution in [0, 0.1) is 0 Å². The van der Waals surface area contributed by atoms with E-state index in [-0.39, 0.29) is 29.9 Å². The van der Waals surface area contributed by atoms with E-state index in [2.05, 4.69) is 5.32 Å². The molecule has 1 heterocycles. The van der Waals surface area contributed by atoms with Crippen LogP contribution in [0.3, 0.4) is 0 Å². The number of Topliss-reactive ketones (excluding diaryl/α,β-unsaturated/α-hetero) is 1. The topological polar surface area (TPSA) is 64.6 Å². The molecule has 0 saturated heterocycles. The molecule has 2 unspecified atom stereocenters. The van der Waals surface area contributed by atoms with Crippen LogP contribution in [0.1, 0.15) is 42.2 Å². The van der Waals surface area contributed by atoms with E-state index in [9.17, 15) is 9.59 Å². The molecule has 1 aliphatic heterocycles.